The number of halogens is 1. The van der Waals surface area contributed by atoms with E-state index in [2.05, 4.69) is 22.8 Å². The van der Waals surface area contributed by atoms with Gasteiger partial charge in [-0.1, -0.05) is 72.8 Å². The first kappa shape index (κ1) is 20.4. The Morgan fingerprint density at radius 2 is 1.53 bits per heavy atom. The molecule has 3 aromatic carbocycles. The number of alkyl halides is 1. The Morgan fingerprint density at radius 3 is 2.25 bits per heavy atom. The summed E-state index contributed by atoms with van der Waals surface area (Å²) < 4.78 is 17.1. The average Bonchev–Trinajstić information content (AvgIpc) is 3.22. The summed E-state index contributed by atoms with van der Waals surface area (Å²) in [4.78, 5) is 19.3. The Labute approximate surface area is 187 Å². The molecule has 1 unspecified atom stereocenters. The van der Waals surface area contributed by atoms with Gasteiger partial charge in [-0.3, -0.25) is 4.79 Å². The van der Waals surface area contributed by atoms with Crippen molar-refractivity contribution in [3.8, 4) is 0 Å². The smallest absolute Gasteiger partial charge is 0.261 e. The largest absolute Gasteiger partial charge is 0.340 e. The molecule has 0 aliphatic carbocycles. The number of aromatic nitrogens is 2. The fraction of sp³-hybridized carbons (Fsp3) is 0.259. The van der Waals surface area contributed by atoms with Crippen LogP contribution in [0, 0.1) is 0 Å². The molecule has 32 heavy (non-hydrogen) atoms. The molecule has 1 aliphatic rings. The van der Waals surface area contributed by atoms with Gasteiger partial charge in [0.15, 0.2) is 0 Å². The molecule has 0 bridgehead atoms. The molecule has 1 amide bonds. The number of amides is 1. The summed E-state index contributed by atoms with van der Waals surface area (Å²) in [6.07, 6.45) is 0.732. The number of imidazole rings is 1. The molecular weight excluding hydrogens is 401 g/mol. The minimum atomic E-state index is -1.60. The highest BCUT2D eigenvalue weighted by atomic mass is 19.1. The van der Waals surface area contributed by atoms with E-state index in [4.69, 9.17) is 4.98 Å². The number of nitrogens with zero attached hydrogens (tertiary/aromatic N) is 3. The molecule has 1 saturated heterocycles. The summed E-state index contributed by atoms with van der Waals surface area (Å²) in [6, 6.07) is 27.5. The van der Waals surface area contributed by atoms with Gasteiger partial charge in [0.2, 0.25) is 6.17 Å². The van der Waals surface area contributed by atoms with Gasteiger partial charge in [0.1, 0.15) is 5.82 Å². The molecule has 4 aromatic rings. The molecule has 0 spiro atoms. The maximum absolute atomic E-state index is 14.8. The summed E-state index contributed by atoms with van der Waals surface area (Å²) >= 11 is 0. The van der Waals surface area contributed by atoms with Gasteiger partial charge < -0.3 is 9.47 Å². The Kier molecular flexibility index (Phi) is 5.71. The van der Waals surface area contributed by atoms with Crippen LogP contribution in [0.1, 0.15) is 42.0 Å². The molecule has 1 aliphatic heterocycles. The highest BCUT2D eigenvalue weighted by molar-refractivity contribution is 5.82. The van der Waals surface area contributed by atoms with E-state index < -0.39 is 12.1 Å². The predicted octanol–water partition coefficient (Wildman–Crippen LogP) is 5.50. The zero-order valence-corrected chi connectivity index (χ0v) is 17.9. The zero-order valence-electron chi connectivity index (χ0n) is 17.9. The third-order valence-corrected chi connectivity index (χ3v) is 6.32. The summed E-state index contributed by atoms with van der Waals surface area (Å²) in [7, 11) is 0. The van der Waals surface area contributed by atoms with Gasteiger partial charge >= 0.3 is 0 Å². The normalized spacial score (nSPS) is 15.7. The molecule has 162 valence electrons. The Hall–Kier alpha value is -3.47. The van der Waals surface area contributed by atoms with Gasteiger partial charge in [-0.05, 0) is 36.1 Å². The molecule has 0 N–H and O–H groups in total. The molecule has 4 nitrogen and oxygen atoms in total. The van der Waals surface area contributed by atoms with E-state index in [1.165, 1.54) is 5.56 Å². The predicted molar refractivity (Wildman–Crippen MR) is 124 cm³/mol. The number of hydrogen-bond acceptors (Lipinski definition) is 2. The Bertz CT molecular complexity index is 1200. The first-order valence-corrected chi connectivity index (χ1v) is 11.2. The molecule has 5 heteroatoms. The lowest BCUT2D eigenvalue weighted by atomic mass is 10.0. The van der Waals surface area contributed by atoms with Crippen molar-refractivity contribution in [1.82, 2.24) is 14.5 Å². The van der Waals surface area contributed by atoms with Crippen molar-refractivity contribution in [2.75, 3.05) is 13.1 Å². The molecule has 2 heterocycles. The van der Waals surface area contributed by atoms with E-state index in [0.29, 0.717) is 18.7 Å². The molecule has 1 atom stereocenters. The quantitative estimate of drug-likeness (QED) is 0.422. The number of carbonyl (C=O) groups is 1. The molecule has 5 rings (SSSR count). The molecule has 1 fully saturated rings. The van der Waals surface area contributed by atoms with Crippen LogP contribution in [0.25, 0.3) is 11.0 Å². The van der Waals surface area contributed by atoms with Gasteiger partial charge in [-0.15, -0.1) is 0 Å². The topological polar surface area (TPSA) is 38.1 Å². The molecular formula is C27H26FN3O. The zero-order chi connectivity index (χ0) is 21.9. The van der Waals surface area contributed by atoms with Crippen molar-refractivity contribution in [2.45, 2.75) is 31.5 Å². The van der Waals surface area contributed by atoms with Gasteiger partial charge in [0.25, 0.3) is 5.91 Å². The Morgan fingerprint density at radius 1 is 0.906 bits per heavy atom. The Balaban J connectivity index is 1.36. The van der Waals surface area contributed by atoms with E-state index >= 15 is 0 Å². The van der Waals surface area contributed by atoms with Gasteiger partial charge in [-0.25, -0.2) is 9.37 Å². The monoisotopic (exact) mass is 427 g/mol. The fourth-order valence-corrected chi connectivity index (χ4v) is 4.67. The molecule has 1 aromatic heterocycles. The first-order chi connectivity index (χ1) is 15.7. The minimum Gasteiger partial charge on any atom is -0.340 e. The first-order valence-electron chi connectivity index (χ1n) is 11.2. The van der Waals surface area contributed by atoms with E-state index in [1.54, 1.807) is 29.2 Å². The van der Waals surface area contributed by atoms with E-state index in [1.807, 2.05) is 42.5 Å². The highest BCUT2D eigenvalue weighted by Crippen LogP contribution is 2.31. The molecule has 0 saturated carbocycles. The maximum Gasteiger partial charge on any atom is 0.261 e. The van der Waals surface area contributed by atoms with Crippen molar-refractivity contribution in [1.29, 1.82) is 0 Å². The summed E-state index contributed by atoms with van der Waals surface area (Å²) in [6.45, 7) is 1.10. The second-order valence-electron chi connectivity index (χ2n) is 8.38. The van der Waals surface area contributed by atoms with Crippen LogP contribution in [0.4, 0.5) is 4.39 Å². The van der Waals surface area contributed by atoms with Crippen LogP contribution in [0.15, 0.2) is 84.9 Å². The van der Waals surface area contributed by atoms with E-state index in [-0.39, 0.29) is 6.04 Å². The number of benzene rings is 3. The summed E-state index contributed by atoms with van der Waals surface area (Å²) in [5.41, 5.74) is 3.76. The van der Waals surface area contributed by atoms with E-state index in [0.717, 1.165) is 36.1 Å². The van der Waals surface area contributed by atoms with Gasteiger partial charge in [-0.2, -0.15) is 0 Å². The van der Waals surface area contributed by atoms with Crippen LogP contribution in [0.3, 0.4) is 0 Å². The van der Waals surface area contributed by atoms with Crippen molar-refractivity contribution < 1.29 is 9.18 Å². The summed E-state index contributed by atoms with van der Waals surface area (Å²) in [5, 5.41) is 0. The van der Waals surface area contributed by atoms with Crippen LogP contribution in [0.5, 0.6) is 0 Å². The number of carbonyl (C=O) groups excluding carboxylic acids is 1. The number of likely N-dealkylation sites (tertiary alicyclic amines) is 1. The van der Waals surface area contributed by atoms with Crippen molar-refractivity contribution in [3.05, 3.63) is 102 Å². The fourth-order valence-electron chi connectivity index (χ4n) is 4.67. The SMILES string of the molecule is O=C(C(F)c1ccccc1)N1CCC(n2c(Cc3ccccc3)nc3ccccc32)CC1. The molecule has 0 radical (unpaired) electrons. The van der Waals surface area contributed by atoms with Gasteiger partial charge in [0.05, 0.1) is 11.0 Å². The number of fused-ring (bicyclic) bond motifs is 1. The number of para-hydroxylation sites is 2. The lowest BCUT2D eigenvalue weighted by Gasteiger charge is -2.34. The lowest BCUT2D eigenvalue weighted by Crippen LogP contribution is -2.41. The third-order valence-electron chi connectivity index (χ3n) is 6.32. The standard InChI is InChI=1S/C27H26FN3O/c28-26(21-11-5-2-6-12-21)27(32)30-17-15-22(16-18-30)31-24-14-8-7-13-23(24)29-25(31)19-20-9-3-1-4-10-20/h1-14,22,26H,15-19H2. The van der Waals surface area contributed by atoms with Crippen molar-refractivity contribution >= 4 is 16.9 Å². The maximum atomic E-state index is 14.8. The summed E-state index contributed by atoms with van der Waals surface area (Å²) in [5.74, 6) is 0.601. The highest BCUT2D eigenvalue weighted by Gasteiger charge is 2.31. The van der Waals surface area contributed by atoms with Gasteiger partial charge in [0, 0.05) is 25.6 Å². The van der Waals surface area contributed by atoms with Crippen LogP contribution >= 0.6 is 0 Å². The van der Waals surface area contributed by atoms with Crippen LogP contribution in [-0.2, 0) is 11.2 Å². The third kappa shape index (κ3) is 4.03. The number of rotatable bonds is 5. The second kappa shape index (κ2) is 8.95. The van der Waals surface area contributed by atoms with Crippen LogP contribution in [-0.4, -0.2) is 33.4 Å². The van der Waals surface area contributed by atoms with Crippen LogP contribution in [0.2, 0.25) is 0 Å². The average molecular weight is 428 g/mol. The second-order valence-corrected chi connectivity index (χ2v) is 8.38. The van der Waals surface area contributed by atoms with Crippen LogP contribution < -0.4 is 0 Å². The minimum absolute atomic E-state index is 0.236. The number of hydrogen-bond donors (Lipinski definition) is 0. The van der Waals surface area contributed by atoms with Crippen molar-refractivity contribution in [3.63, 3.8) is 0 Å². The number of piperidine rings is 1. The van der Waals surface area contributed by atoms with Crippen molar-refractivity contribution in [2.24, 2.45) is 0 Å². The van der Waals surface area contributed by atoms with E-state index in [9.17, 15) is 9.18 Å². The lowest BCUT2D eigenvalue weighted by molar-refractivity contribution is -0.138.